The molecule has 8 heteroatoms. The van der Waals surface area contributed by atoms with Crippen molar-refractivity contribution in [2.45, 2.75) is 44.3 Å². The first-order chi connectivity index (χ1) is 14.8. The van der Waals surface area contributed by atoms with Crippen molar-refractivity contribution in [2.24, 2.45) is 5.92 Å². The molecule has 0 bridgehead atoms. The molecule has 0 saturated heterocycles. The summed E-state index contributed by atoms with van der Waals surface area (Å²) >= 11 is 1.23. The van der Waals surface area contributed by atoms with Crippen LogP contribution in [-0.4, -0.2) is 29.4 Å². The van der Waals surface area contributed by atoms with E-state index in [0.29, 0.717) is 30.1 Å². The molecule has 0 spiro atoms. The Bertz CT molecular complexity index is 1150. The van der Waals surface area contributed by atoms with Crippen LogP contribution in [0, 0.1) is 5.92 Å². The second-order valence-corrected chi connectivity index (χ2v) is 11.0. The van der Waals surface area contributed by atoms with Crippen molar-refractivity contribution in [3.63, 3.8) is 0 Å². The summed E-state index contributed by atoms with van der Waals surface area (Å²) in [4.78, 5) is 21.7. The number of anilines is 1. The highest BCUT2D eigenvalue weighted by Crippen LogP contribution is 2.33. The Kier molecular flexibility index (Phi) is 6.20. The fourth-order valence-electron chi connectivity index (χ4n) is 3.60. The summed E-state index contributed by atoms with van der Waals surface area (Å²) in [5.41, 5.74) is 3.65. The van der Waals surface area contributed by atoms with Crippen LogP contribution >= 0.6 is 11.3 Å². The predicted octanol–water partition coefficient (Wildman–Crippen LogP) is 4.66. The fourth-order valence-corrected chi connectivity index (χ4v) is 5.94. The summed E-state index contributed by atoms with van der Waals surface area (Å²) in [5, 5.41) is 1.82. The minimum Gasteiger partial charge on any atom is -0.299 e. The summed E-state index contributed by atoms with van der Waals surface area (Å²) in [5.74, 6) is -0.253. The van der Waals surface area contributed by atoms with Crippen LogP contribution in [0.25, 0.3) is 11.1 Å². The number of nitrogens with zero attached hydrogens (tertiary/aromatic N) is 2. The van der Waals surface area contributed by atoms with E-state index in [1.54, 1.807) is 11.6 Å². The molecule has 1 N–H and O–H groups in total. The van der Waals surface area contributed by atoms with Gasteiger partial charge in [0.05, 0.1) is 16.9 Å². The van der Waals surface area contributed by atoms with Crippen LogP contribution < -0.4 is 4.72 Å². The van der Waals surface area contributed by atoms with Crippen LogP contribution in [0.2, 0.25) is 0 Å². The number of ketones is 1. The Hall–Kier alpha value is -2.58. The van der Waals surface area contributed by atoms with Gasteiger partial charge in [-0.05, 0) is 41.5 Å². The summed E-state index contributed by atoms with van der Waals surface area (Å²) < 4.78 is 26.9. The van der Waals surface area contributed by atoms with Crippen LogP contribution in [0.3, 0.4) is 0 Å². The van der Waals surface area contributed by atoms with Gasteiger partial charge in [0.25, 0.3) is 0 Å². The van der Waals surface area contributed by atoms with E-state index in [-0.39, 0.29) is 22.9 Å². The maximum Gasteiger partial charge on any atom is 0.237 e. The van der Waals surface area contributed by atoms with Crippen LogP contribution in [0.5, 0.6) is 0 Å². The van der Waals surface area contributed by atoms with Gasteiger partial charge in [0, 0.05) is 24.2 Å². The van der Waals surface area contributed by atoms with Crippen LogP contribution in [0.4, 0.5) is 5.13 Å². The first-order valence-corrected chi connectivity index (χ1v) is 12.7. The topological polar surface area (TPSA) is 89.0 Å². The van der Waals surface area contributed by atoms with Crippen molar-refractivity contribution in [1.82, 2.24) is 9.97 Å². The third-order valence-electron chi connectivity index (χ3n) is 5.37. The number of carbonyl (C=O) groups is 1. The summed E-state index contributed by atoms with van der Waals surface area (Å²) in [7, 11) is -3.36. The van der Waals surface area contributed by atoms with Gasteiger partial charge in [-0.3, -0.25) is 14.5 Å². The number of thiazole rings is 1. The maximum absolute atomic E-state index is 13.1. The molecule has 1 aromatic carbocycles. The zero-order valence-corrected chi connectivity index (χ0v) is 19.1. The highest BCUT2D eigenvalue weighted by molar-refractivity contribution is 7.93. The predicted molar refractivity (Wildman–Crippen MR) is 124 cm³/mol. The van der Waals surface area contributed by atoms with Gasteiger partial charge in [0.15, 0.2) is 5.13 Å². The molecule has 6 nitrogen and oxygen atoms in total. The van der Waals surface area contributed by atoms with Crippen molar-refractivity contribution in [2.75, 3.05) is 4.72 Å². The SMILES string of the molecule is CC(C)C(C(=O)Cc1ccc(-c2cccnc2)cc1)c1csc(NS(=O)(=O)C2CC2)n1. The summed E-state index contributed by atoms with van der Waals surface area (Å²) in [6.07, 6.45) is 5.24. The molecule has 1 unspecified atom stereocenters. The number of benzene rings is 1. The molecule has 3 aromatic rings. The zero-order chi connectivity index (χ0) is 22.0. The summed E-state index contributed by atoms with van der Waals surface area (Å²) in [6.45, 7) is 3.98. The Morgan fingerprint density at radius 1 is 1.16 bits per heavy atom. The van der Waals surface area contributed by atoms with Crippen molar-refractivity contribution in [3.8, 4) is 11.1 Å². The van der Waals surface area contributed by atoms with Gasteiger partial charge >= 0.3 is 0 Å². The lowest BCUT2D eigenvalue weighted by Crippen LogP contribution is -2.21. The molecule has 1 saturated carbocycles. The quantitative estimate of drug-likeness (QED) is 0.507. The van der Waals surface area contributed by atoms with Gasteiger partial charge < -0.3 is 0 Å². The van der Waals surface area contributed by atoms with E-state index >= 15 is 0 Å². The highest BCUT2D eigenvalue weighted by atomic mass is 32.2. The van der Waals surface area contributed by atoms with Crippen LogP contribution in [0.1, 0.15) is 43.9 Å². The lowest BCUT2D eigenvalue weighted by molar-refractivity contribution is -0.120. The molecule has 0 radical (unpaired) electrons. The van der Waals surface area contributed by atoms with E-state index < -0.39 is 10.0 Å². The lowest BCUT2D eigenvalue weighted by atomic mass is 9.86. The second kappa shape index (κ2) is 8.88. The van der Waals surface area contributed by atoms with Gasteiger partial charge in [-0.2, -0.15) is 0 Å². The van der Waals surface area contributed by atoms with Gasteiger partial charge in [-0.25, -0.2) is 13.4 Å². The number of hydrogen-bond donors (Lipinski definition) is 1. The van der Waals surface area contributed by atoms with Gasteiger partial charge in [-0.1, -0.05) is 44.2 Å². The Labute approximate surface area is 186 Å². The molecule has 0 amide bonds. The molecule has 2 heterocycles. The standard InChI is InChI=1S/C23H25N3O3S2/c1-15(2)22(20-14-30-23(25-20)26-31(28,29)19-9-10-19)21(27)12-16-5-7-17(8-6-16)18-4-3-11-24-13-18/h3-8,11,13-15,19,22H,9-10,12H2,1-2H3,(H,25,26). The first-order valence-electron chi connectivity index (χ1n) is 10.3. The molecule has 162 valence electrons. The number of Topliss-reactive ketones (excluding diaryl/α,β-unsaturated/α-hetero) is 1. The van der Waals surface area contributed by atoms with Crippen LogP contribution in [-0.2, 0) is 21.2 Å². The van der Waals surface area contributed by atoms with Crippen molar-refractivity contribution >= 4 is 32.3 Å². The fraction of sp³-hybridized carbons (Fsp3) is 0.348. The molecule has 1 aliphatic carbocycles. The largest absolute Gasteiger partial charge is 0.299 e. The van der Waals surface area contributed by atoms with E-state index in [4.69, 9.17) is 0 Å². The van der Waals surface area contributed by atoms with Gasteiger partial charge in [-0.15, -0.1) is 11.3 Å². The average molecular weight is 456 g/mol. The molecule has 0 aliphatic heterocycles. The third kappa shape index (κ3) is 5.19. The Morgan fingerprint density at radius 3 is 2.52 bits per heavy atom. The van der Waals surface area contributed by atoms with Crippen LogP contribution in [0.15, 0.2) is 54.2 Å². The number of rotatable bonds is 9. The normalized spacial score (nSPS) is 15.1. The minimum atomic E-state index is -3.36. The molecule has 1 fully saturated rings. The lowest BCUT2D eigenvalue weighted by Gasteiger charge is -2.18. The molecular weight excluding hydrogens is 430 g/mol. The van der Waals surface area contributed by atoms with Gasteiger partial charge in [0.2, 0.25) is 10.0 Å². The highest BCUT2D eigenvalue weighted by Gasteiger charge is 2.36. The second-order valence-electron chi connectivity index (χ2n) is 8.23. The first kappa shape index (κ1) is 21.6. The molecule has 4 rings (SSSR count). The molecular formula is C23H25N3O3S2. The van der Waals surface area contributed by atoms with E-state index in [1.165, 1.54) is 11.3 Å². The average Bonchev–Trinajstić information content (AvgIpc) is 3.52. The number of nitrogens with one attached hydrogen (secondary N) is 1. The van der Waals surface area contributed by atoms with E-state index in [0.717, 1.165) is 16.7 Å². The number of sulfonamides is 1. The molecule has 1 aliphatic rings. The van der Waals surface area contributed by atoms with E-state index in [9.17, 15) is 13.2 Å². The third-order valence-corrected chi connectivity index (χ3v) is 8.11. The van der Waals surface area contributed by atoms with E-state index in [2.05, 4.69) is 14.7 Å². The van der Waals surface area contributed by atoms with Crippen molar-refractivity contribution in [1.29, 1.82) is 0 Å². The van der Waals surface area contributed by atoms with Crippen molar-refractivity contribution in [3.05, 3.63) is 65.4 Å². The number of carbonyl (C=O) groups excluding carboxylic acids is 1. The smallest absolute Gasteiger partial charge is 0.237 e. The Balaban J connectivity index is 1.47. The summed E-state index contributed by atoms with van der Waals surface area (Å²) in [6, 6.07) is 11.8. The molecule has 2 aromatic heterocycles. The van der Waals surface area contributed by atoms with Crippen molar-refractivity contribution < 1.29 is 13.2 Å². The van der Waals surface area contributed by atoms with Gasteiger partial charge in [0.1, 0.15) is 5.78 Å². The van der Waals surface area contributed by atoms with E-state index in [1.807, 2.05) is 56.4 Å². The Morgan fingerprint density at radius 2 is 1.90 bits per heavy atom. The molecule has 1 atom stereocenters. The number of hydrogen-bond acceptors (Lipinski definition) is 6. The zero-order valence-electron chi connectivity index (χ0n) is 17.5. The monoisotopic (exact) mass is 455 g/mol. The minimum absolute atomic E-state index is 0.0529. The number of aromatic nitrogens is 2. The maximum atomic E-state index is 13.1. The molecule has 31 heavy (non-hydrogen) atoms. The number of pyridine rings is 1.